The molecular formula is C11H7F8NO. The van der Waals surface area contributed by atoms with Crippen LogP contribution in [0.2, 0.25) is 0 Å². The van der Waals surface area contributed by atoms with Gasteiger partial charge in [0.05, 0.1) is 0 Å². The Balaban J connectivity index is 3.17. The van der Waals surface area contributed by atoms with Crippen LogP contribution in [0, 0.1) is 17.0 Å². The number of alkyl halides is 6. The summed E-state index contributed by atoms with van der Waals surface area (Å²) >= 11 is 0. The van der Waals surface area contributed by atoms with Crippen LogP contribution in [0.5, 0.6) is 0 Å². The van der Waals surface area contributed by atoms with E-state index >= 15 is 0 Å². The summed E-state index contributed by atoms with van der Waals surface area (Å²) in [4.78, 5) is 11.4. The second kappa shape index (κ2) is 5.15. The summed E-state index contributed by atoms with van der Waals surface area (Å²) < 4.78 is 101. The molecule has 0 aromatic heterocycles. The number of hydrogen-bond acceptors (Lipinski definition) is 1. The molecule has 1 aromatic rings. The van der Waals surface area contributed by atoms with Gasteiger partial charge < -0.3 is 5.32 Å². The topological polar surface area (TPSA) is 29.1 Å². The normalized spacial score (nSPS) is 13.2. The molecule has 0 spiro atoms. The molecule has 0 bridgehead atoms. The molecule has 0 radical (unpaired) electrons. The summed E-state index contributed by atoms with van der Waals surface area (Å²) in [5.74, 6) is -5.36. The van der Waals surface area contributed by atoms with E-state index in [2.05, 4.69) is 0 Å². The quantitative estimate of drug-likeness (QED) is 0.819. The van der Waals surface area contributed by atoms with Gasteiger partial charge in [0, 0.05) is 11.8 Å². The molecule has 1 N–H and O–H groups in total. The third kappa shape index (κ3) is 3.08. The Morgan fingerprint density at radius 1 is 0.952 bits per heavy atom. The first-order valence-electron chi connectivity index (χ1n) is 5.20. The molecule has 1 rings (SSSR count). The van der Waals surface area contributed by atoms with Gasteiger partial charge in [-0.3, -0.25) is 4.79 Å². The van der Waals surface area contributed by atoms with Crippen molar-refractivity contribution < 1.29 is 39.9 Å². The highest BCUT2D eigenvalue weighted by atomic mass is 19.4. The second-order valence-electron chi connectivity index (χ2n) is 4.20. The summed E-state index contributed by atoms with van der Waals surface area (Å²) in [7, 11) is 0. The molecule has 0 aliphatic heterocycles. The van der Waals surface area contributed by atoms with E-state index in [1.807, 2.05) is 0 Å². The molecular weight excluding hydrogens is 314 g/mol. The van der Waals surface area contributed by atoms with E-state index in [-0.39, 0.29) is 13.0 Å². The number of carbonyl (C=O) groups is 1. The summed E-state index contributed by atoms with van der Waals surface area (Å²) in [6, 6.07) is 1.34. The lowest BCUT2D eigenvalue weighted by Crippen LogP contribution is -2.55. The van der Waals surface area contributed by atoms with Crippen molar-refractivity contribution in [3.05, 3.63) is 29.8 Å². The molecule has 10 heteroatoms. The van der Waals surface area contributed by atoms with Crippen molar-refractivity contribution in [1.82, 2.24) is 0 Å². The summed E-state index contributed by atoms with van der Waals surface area (Å²) in [5.41, 5.74) is -5.43. The molecule has 1 amide bonds. The lowest BCUT2D eigenvalue weighted by Gasteiger charge is -2.32. The van der Waals surface area contributed by atoms with Crippen molar-refractivity contribution in [1.29, 1.82) is 0 Å². The van der Waals surface area contributed by atoms with Gasteiger partial charge in [-0.1, -0.05) is 0 Å². The first-order chi connectivity index (χ1) is 9.30. The highest BCUT2D eigenvalue weighted by molar-refractivity contribution is 5.96. The van der Waals surface area contributed by atoms with Crippen LogP contribution in [0.1, 0.15) is 6.92 Å². The number of carbonyl (C=O) groups excluding carboxylic acids is 1. The van der Waals surface area contributed by atoms with Crippen molar-refractivity contribution in [3.8, 4) is 0 Å². The average molecular weight is 321 g/mol. The van der Waals surface area contributed by atoms with Gasteiger partial charge in [0.15, 0.2) is 11.6 Å². The average Bonchev–Trinajstić information content (AvgIpc) is 2.29. The Morgan fingerprint density at radius 2 is 1.43 bits per heavy atom. The first kappa shape index (κ1) is 17.2. The van der Waals surface area contributed by atoms with E-state index in [1.165, 1.54) is 5.32 Å². The van der Waals surface area contributed by atoms with Crippen LogP contribution < -0.4 is 5.32 Å². The Morgan fingerprint density at radius 3 is 1.81 bits per heavy atom. The zero-order valence-corrected chi connectivity index (χ0v) is 10.2. The Hall–Kier alpha value is -1.87. The molecule has 0 aliphatic carbocycles. The molecule has 21 heavy (non-hydrogen) atoms. The minimum Gasteiger partial charge on any atom is -0.325 e. The van der Waals surface area contributed by atoms with Crippen molar-refractivity contribution >= 4 is 11.6 Å². The summed E-state index contributed by atoms with van der Waals surface area (Å²) in [6.07, 6.45) is -11.8. The molecule has 0 aliphatic rings. The highest BCUT2D eigenvalue weighted by Crippen LogP contribution is 2.50. The van der Waals surface area contributed by atoms with Crippen molar-refractivity contribution in [3.63, 3.8) is 0 Å². The van der Waals surface area contributed by atoms with Crippen molar-refractivity contribution in [2.45, 2.75) is 19.3 Å². The third-order valence-corrected chi connectivity index (χ3v) is 2.77. The SMILES string of the molecule is CC(C(=O)Nc1ccc(F)c(F)c1)(C(F)(F)F)C(F)(F)F. The minimum atomic E-state index is -5.92. The number of hydrogen-bond donors (Lipinski definition) is 1. The Labute approximate surface area is 112 Å². The fraction of sp³-hybridized carbons (Fsp3) is 0.364. The number of nitrogens with one attached hydrogen (secondary N) is 1. The fourth-order valence-electron chi connectivity index (χ4n) is 1.25. The van der Waals surface area contributed by atoms with Crippen LogP contribution in [0.4, 0.5) is 40.8 Å². The van der Waals surface area contributed by atoms with E-state index in [9.17, 15) is 39.9 Å². The molecule has 0 heterocycles. The van der Waals surface area contributed by atoms with Gasteiger partial charge in [0.1, 0.15) is 0 Å². The first-order valence-corrected chi connectivity index (χ1v) is 5.20. The van der Waals surface area contributed by atoms with Gasteiger partial charge in [0.2, 0.25) is 11.3 Å². The van der Waals surface area contributed by atoms with Gasteiger partial charge in [-0.05, 0) is 19.1 Å². The predicted octanol–water partition coefficient (Wildman–Crippen LogP) is 4.03. The maximum Gasteiger partial charge on any atom is 0.411 e. The lowest BCUT2D eigenvalue weighted by molar-refractivity contribution is -0.317. The van der Waals surface area contributed by atoms with Crippen molar-refractivity contribution in [2.75, 3.05) is 5.32 Å². The molecule has 2 nitrogen and oxygen atoms in total. The lowest BCUT2D eigenvalue weighted by atomic mass is 9.87. The Kier molecular flexibility index (Phi) is 4.22. The maximum absolute atomic E-state index is 12.8. The molecule has 0 saturated carbocycles. The number of anilines is 1. The van der Waals surface area contributed by atoms with E-state index in [4.69, 9.17) is 0 Å². The van der Waals surface area contributed by atoms with Gasteiger partial charge in [-0.15, -0.1) is 0 Å². The molecule has 0 fully saturated rings. The molecule has 1 aromatic carbocycles. The van der Waals surface area contributed by atoms with Gasteiger partial charge >= 0.3 is 12.4 Å². The number of halogens is 8. The van der Waals surface area contributed by atoms with Crippen LogP contribution in [0.3, 0.4) is 0 Å². The summed E-state index contributed by atoms with van der Waals surface area (Å²) in [5, 5.41) is 1.28. The zero-order valence-electron chi connectivity index (χ0n) is 10.2. The van der Waals surface area contributed by atoms with E-state index in [0.717, 1.165) is 0 Å². The van der Waals surface area contributed by atoms with Gasteiger partial charge in [-0.2, -0.15) is 26.3 Å². The van der Waals surface area contributed by atoms with Crippen LogP contribution in [0.25, 0.3) is 0 Å². The van der Waals surface area contributed by atoms with E-state index in [0.29, 0.717) is 12.1 Å². The fourth-order valence-corrected chi connectivity index (χ4v) is 1.25. The van der Waals surface area contributed by atoms with Crippen LogP contribution >= 0.6 is 0 Å². The number of benzene rings is 1. The zero-order chi connectivity index (χ0) is 16.6. The molecule has 0 unspecified atom stereocenters. The summed E-state index contributed by atoms with van der Waals surface area (Å²) in [6.45, 7) is -0.345. The van der Waals surface area contributed by atoms with Crippen molar-refractivity contribution in [2.24, 2.45) is 5.41 Å². The number of amides is 1. The van der Waals surface area contributed by atoms with Crippen LogP contribution in [0.15, 0.2) is 18.2 Å². The minimum absolute atomic E-state index is 0.264. The second-order valence-corrected chi connectivity index (χ2v) is 4.20. The van der Waals surface area contributed by atoms with Crippen LogP contribution in [-0.4, -0.2) is 18.3 Å². The maximum atomic E-state index is 12.8. The number of rotatable bonds is 2. The standard InChI is InChI=1S/C11H7F8NO/c1-9(10(14,15)16,11(17,18)19)8(21)20-5-2-3-6(12)7(13)4-5/h2-4H,1H3,(H,20,21). The molecule has 0 atom stereocenters. The van der Waals surface area contributed by atoms with Crippen LogP contribution in [-0.2, 0) is 4.79 Å². The monoisotopic (exact) mass is 321 g/mol. The highest BCUT2D eigenvalue weighted by Gasteiger charge is 2.72. The third-order valence-electron chi connectivity index (χ3n) is 2.77. The smallest absolute Gasteiger partial charge is 0.325 e. The predicted molar refractivity (Wildman–Crippen MR) is 55.2 cm³/mol. The molecule has 0 saturated heterocycles. The van der Waals surface area contributed by atoms with E-state index < -0.39 is 41.0 Å². The van der Waals surface area contributed by atoms with Gasteiger partial charge in [-0.25, -0.2) is 8.78 Å². The van der Waals surface area contributed by atoms with Gasteiger partial charge in [0.25, 0.3) is 0 Å². The van der Waals surface area contributed by atoms with E-state index in [1.54, 1.807) is 0 Å². The molecule has 118 valence electrons. The Bertz CT molecular complexity index is 534. The largest absolute Gasteiger partial charge is 0.411 e.